The standard InChI is InChI=1S/C12H16ClFN2O/c1-7-5-8(13)10(6-9(7)14)16-11(17)12(2,3)15-4/h5-6,15H,1-4H3,(H,16,17). The van der Waals surface area contributed by atoms with Crippen LogP contribution in [0.3, 0.4) is 0 Å². The third kappa shape index (κ3) is 3.17. The third-order valence-corrected chi connectivity index (χ3v) is 3.00. The van der Waals surface area contributed by atoms with Crippen LogP contribution in [0.5, 0.6) is 0 Å². The molecule has 0 heterocycles. The highest BCUT2D eigenvalue weighted by molar-refractivity contribution is 6.33. The maximum atomic E-state index is 13.4. The summed E-state index contributed by atoms with van der Waals surface area (Å²) in [6.07, 6.45) is 0. The van der Waals surface area contributed by atoms with Gasteiger partial charge in [0.1, 0.15) is 5.82 Å². The normalized spacial score (nSPS) is 11.4. The molecule has 0 aromatic heterocycles. The Bertz CT molecular complexity index is 446. The molecule has 94 valence electrons. The molecule has 0 atom stereocenters. The van der Waals surface area contributed by atoms with Crippen LogP contribution in [0.2, 0.25) is 5.02 Å². The molecule has 17 heavy (non-hydrogen) atoms. The average Bonchev–Trinajstić information content (AvgIpc) is 2.25. The predicted octanol–water partition coefficient (Wildman–Crippen LogP) is 2.72. The van der Waals surface area contributed by atoms with Crippen molar-refractivity contribution in [3.05, 3.63) is 28.5 Å². The number of aryl methyl sites for hydroxylation is 1. The summed E-state index contributed by atoms with van der Waals surface area (Å²) in [4.78, 5) is 11.9. The van der Waals surface area contributed by atoms with Crippen molar-refractivity contribution in [1.29, 1.82) is 0 Å². The van der Waals surface area contributed by atoms with Gasteiger partial charge in [-0.05, 0) is 45.5 Å². The van der Waals surface area contributed by atoms with Crippen molar-refractivity contribution in [3.8, 4) is 0 Å². The van der Waals surface area contributed by atoms with Crippen LogP contribution in [-0.2, 0) is 4.79 Å². The second-order valence-electron chi connectivity index (χ2n) is 4.41. The van der Waals surface area contributed by atoms with Gasteiger partial charge < -0.3 is 10.6 Å². The minimum absolute atomic E-state index is 0.273. The summed E-state index contributed by atoms with van der Waals surface area (Å²) >= 11 is 5.94. The Morgan fingerprint density at radius 3 is 2.53 bits per heavy atom. The van der Waals surface area contributed by atoms with Crippen LogP contribution in [0, 0.1) is 12.7 Å². The van der Waals surface area contributed by atoms with E-state index in [1.165, 1.54) is 12.1 Å². The molecular formula is C12H16ClFN2O. The molecule has 0 saturated heterocycles. The molecule has 0 fully saturated rings. The first-order valence-electron chi connectivity index (χ1n) is 5.24. The van der Waals surface area contributed by atoms with E-state index in [0.717, 1.165) is 0 Å². The molecule has 0 aliphatic rings. The van der Waals surface area contributed by atoms with Gasteiger partial charge in [0.25, 0.3) is 0 Å². The Labute approximate surface area is 105 Å². The van der Waals surface area contributed by atoms with Crippen LogP contribution in [0.1, 0.15) is 19.4 Å². The Morgan fingerprint density at radius 1 is 1.41 bits per heavy atom. The van der Waals surface area contributed by atoms with Crippen LogP contribution in [0.25, 0.3) is 0 Å². The van der Waals surface area contributed by atoms with Crippen molar-refractivity contribution in [3.63, 3.8) is 0 Å². The number of likely N-dealkylation sites (N-methyl/N-ethyl adjacent to an activating group) is 1. The molecule has 0 bridgehead atoms. The molecule has 1 amide bonds. The van der Waals surface area contributed by atoms with E-state index < -0.39 is 11.4 Å². The summed E-state index contributed by atoms with van der Waals surface area (Å²) in [6.45, 7) is 5.06. The molecular weight excluding hydrogens is 243 g/mol. The Morgan fingerprint density at radius 2 is 2.00 bits per heavy atom. The monoisotopic (exact) mass is 258 g/mol. The number of carbonyl (C=O) groups excluding carboxylic acids is 1. The van der Waals surface area contributed by atoms with Gasteiger partial charge in [0.2, 0.25) is 5.91 Å². The fourth-order valence-corrected chi connectivity index (χ4v) is 1.40. The number of carbonyl (C=O) groups is 1. The highest BCUT2D eigenvalue weighted by atomic mass is 35.5. The van der Waals surface area contributed by atoms with Gasteiger partial charge in [0, 0.05) is 0 Å². The Hall–Kier alpha value is -1.13. The molecule has 0 aliphatic heterocycles. The second-order valence-corrected chi connectivity index (χ2v) is 4.82. The Kier molecular flexibility index (Phi) is 4.11. The third-order valence-electron chi connectivity index (χ3n) is 2.69. The fraction of sp³-hybridized carbons (Fsp3) is 0.417. The van der Waals surface area contributed by atoms with Crippen molar-refractivity contribution in [2.45, 2.75) is 26.3 Å². The van der Waals surface area contributed by atoms with Gasteiger partial charge in [-0.3, -0.25) is 4.79 Å². The zero-order chi connectivity index (χ0) is 13.2. The smallest absolute Gasteiger partial charge is 0.244 e. The molecule has 0 spiro atoms. The van der Waals surface area contributed by atoms with E-state index in [2.05, 4.69) is 10.6 Å². The molecule has 0 unspecified atom stereocenters. The van der Waals surface area contributed by atoms with E-state index in [0.29, 0.717) is 10.6 Å². The van der Waals surface area contributed by atoms with Crippen LogP contribution in [0.15, 0.2) is 12.1 Å². The molecule has 0 radical (unpaired) electrons. The lowest BCUT2D eigenvalue weighted by Gasteiger charge is -2.23. The van der Waals surface area contributed by atoms with E-state index >= 15 is 0 Å². The fourth-order valence-electron chi connectivity index (χ4n) is 1.13. The first kappa shape index (κ1) is 13.9. The maximum absolute atomic E-state index is 13.4. The number of rotatable bonds is 3. The van der Waals surface area contributed by atoms with Crippen LogP contribution >= 0.6 is 11.6 Å². The lowest BCUT2D eigenvalue weighted by atomic mass is 10.0. The van der Waals surface area contributed by atoms with E-state index in [1.54, 1.807) is 27.8 Å². The molecule has 1 aromatic rings. The van der Waals surface area contributed by atoms with Gasteiger partial charge >= 0.3 is 0 Å². The molecule has 3 nitrogen and oxygen atoms in total. The number of amides is 1. The lowest BCUT2D eigenvalue weighted by molar-refractivity contribution is -0.121. The minimum atomic E-state index is -0.745. The van der Waals surface area contributed by atoms with E-state index in [-0.39, 0.29) is 11.6 Å². The van der Waals surface area contributed by atoms with Crippen LogP contribution < -0.4 is 10.6 Å². The second kappa shape index (κ2) is 5.02. The average molecular weight is 259 g/mol. The summed E-state index contributed by atoms with van der Waals surface area (Å²) < 4.78 is 13.4. The predicted molar refractivity (Wildman–Crippen MR) is 67.9 cm³/mol. The number of hydrogen-bond donors (Lipinski definition) is 2. The maximum Gasteiger partial charge on any atom is 0.244 e. The number of halogens is 2. The van der Waals surface area contributed by atoms with Crippen molar-refractivity contribution in [1.82, 2.24) is 5.32 Å². The van der Waals surface area contributed by atoms with Crippen LogP contribution in [0.4, 0.5) is 10.1 Å². The lowest BCUT2D eigenvalue weighted by Crippen LogP contribution is -2.47. The zero-order valence-corrected chi connectivity index (χ0v) is 11.1. The quantitative estimate of drug-likeness (QED) is 0.875. The molecule has 2 N–H and O–H groups in total. The van der Waals surface area contributed by atoms with Gasteiger partial charge in [0.05, 0.1) is 16.2 Å². The van der Waals surface area contributed by atoms with Crippen molar-refractivity contribution < 1.29 is 9.18 Å². The summed E-state index contributed by atoms with van der Waals surface area (Å²) in [7, 11) is 1.68. The number of anilines is 1. The van der Waals surface area contributed by atoms with Gasteiger partial charge in [-0.15, -0.1) is 0 Å². The van der Waals surface area contributed by atoms with E-state index in [9.17, 15) is 9.18 Å². The molecule has 5 heteroatoms. The van der Waals surface area contributed by atoms with Crippen molar-refractivity contribution >= 4 is 23.2 Å². The van der Waals surface area contributed by atoms with E-state index in [4.69, 9.17) is 11.6 Å². The highest BCUT2D eigenvalue weighted by Crippen LogP contribution is 2.25. The van der Waals surface area contributed by atoms with Crippen molar-refractivity contribution in [2.75, 3.05) is 12.4 Å². The summed E-state index contributed by atoms with van der Waals surface area (Å²) in [5, 5.41) is 5.78. The Balaban J connectivity index is 2.97. The number of benzene rings is 1. The summed E-state index contributed by atoms with van der Waals surface area (Å²) in [6, 6.07) is 2.71. The molecule has 0 aliphatic carbocycles. The zero-order valence-electron chi connectivity index (χ0n) is 10.3. The SMILES string of the molecule is CNC(C)(C)C(=O)Nc1cc(F)c(C)cc1Cl. The van der Waals surface area contributed by atoms with Gasteiger partial charge in [0.15, 0.2) is 0 Å². The topological polar surface area (TPSA) is 41.1 Å². The largest absolute Gasteiger partial charge is 0.323 e. The highest BCUT2D eigenvalue weighted by Gasteiger charge is 2.25. The van der Waals surface area contributed by atoms with Gasteiger partial charge in [-0.1, -0.05) is 11.6 Å². The number of hydrogen-bond acceptors (Lipinski definition) is 2. The van der Waals surface area contributed by atoms with E-state index in [1.807, 2.05) is 0 Å². The first-order valence-corrected chi connectivity index (χ1v) is 5.61. The molecule has 1 aromatic carbocycles. The molecule has 1 rings (SSSR count). The summed E-state index contributed by atoms with van der Waals surface area (Å²) in [5.74, 6) is -0.669. The summed E-state index contributed by atoms with van der Waals surface area (Å²) in [5.41, 5.74) is -0.0195. The van der Waals surface area contributed by atoms with Crippen molar-refractivity contribution in [2.24, 2.45) is 0 Å². The van der Waals surface area contributed by atoms with Gasteiger partial charge in [-0.25, -0.2) is 4.39 Å². The number of nitrogens with one attached hydrogen (secondary N) is 2. The van der Waals surface area contributed by atoms with Gasteiger partial charge in [-0.2, -0.15) is 0 Å². The molecule has 0 saturated carbocycles. The van der Waals surface area contributed by atoms with Crippen LogP contribution in [-0.4, -0.2) is 18.5 Å². The first-order chi connectivity index (χ1) is 7.77. The minimum Gasteiger partial charge on any atom is -0.323 e.